The monoisotopic (exact) mass is 238 g/mol. The molecule has 0 fully saturated rings. The van der Waals surface area contributed by atoms with E-state index in [1.807, 2.05) is 56.4 Å². The van der Waals surface area contributed by atoms with Gasteiger partial charge in [0.05, 0.1) is 6.54 Å². The molecule has 0 unspecified atom stereocenters. The topological polar surface area (TPSA) is 45.8 Å². The van der Waals surface area contributed by atoms with Gasteiger partial charge in [0, 0.05) is 6.20 Å². The van der Waals surface area contributed by atoms with Gasteiger partial charge >= 0.3 is 0 Å². The molecule has 0 saturated heterocycles. The highest BCUT2D eigenvalue weighted by Crippen LogP contribution is 2.09. The van der Waals surface area contributed by atoms with Gasteiger partial charge in [-0.05, 0) is 30.5 Å². The highest BCUT2D eigenvalue weighted by Gasteiger charge is 2.09. The fourth-order valence-electron chi connectivity index (χ4n) is 1.92. The summed E-state index contributed by atoms with van der Waals surface area (Å²) >= 11 is 0. The molecule has 1 heterocycles. The van der Waals surface area contributed by atoms with Crippen molar-refractivity contribution >= 4 is 0 Å². The van der Waals surface area contributed by atoms with Crippen LogP contribution in [0.5, 0.6) is 0 Å². The largest absolute Gasteiger partial charge is 0.310 e. The third-order valence-electron chi connectivity index (χ3n) is 3.10. The summed E-state index contributed by atoms with van der Waals surface area (Å²) in [7, 11) is 0. The molecular weight excluding hydrogens is 224 g/mol. The molecule has 3 nitrogen and oxygen atoms in total. The zero-order chi connectivity index (χ0) is 13.1. The first-order chi connectivity index (χ1) is 8.63. The first-order valence-corrected chi connectivity index (χ1v) is 5.78. The van der Waals surface area contributed by atoms with Gasteiger partial charge in [0.1, 0.15) is 11.6 Å². The quantitative estimate of drug-likeness (QED) is 0.806. The number of pyridine rings is 1. The van der Waals surface area contributed by atoms with Gasteiger partial charge in [-0.1, -0.05) is 30.3 Å². The molecule has 0 amide bonds. The van der Waals surface area contributed by atoms with E-state index in [1.165, 1.54) is 0 Å². The van der Waals surface area contributed by atoms with Crippen LogP contribution in [0.25, 0.3) is 0 Å². The molecule has 0 radical (unpaired) electrons. The van der Waals surface area contributed by atoms with Gasteiger partial charge in [0.25, 0.3) is 5.56 Å². The van der Waals surface area contributed by atoms with Crippen LogP contribution in [0.3, 0.4) is 0 Å². The zero-order valence-corrected chi connectivity index (χ0v) is 10.5. The Bertz CT molecular complexity index is 663. The van der Waals surface area contributed by atoms with Crippen LogP contribution >= 0.6 is 0 Å². The second-order valence-electron chi connectivity index (χ2n) is 4.34. The number of nitriles is 1. The second-order valence-corrected chi connectivity index (χ2v) is 4.34. The van der Waals surface area contributed by atoms with E-state index in [0.29, 0.717) is 6.54 Å². The highest BCUT2D eigenvalue weighted by atomic mass is 16.1. The molecule has 0 aliphatic rings. The highest BCUT2D eigenvalue weighted by molar-refractivity contribution is 5.39. The van der Waals surface area contributed by atoms with Crippen molar-refractivity contribution in [2.45, 2.75) is 20.4 Å². The van der Waals surface area contributed by atoms with E-state index >= 15 is 0 Å². The standard InChI is InChI=1S/C15H14N2O/c1-11-9-17(10-13-6-4-3-5-7-13)15(18)14(8-16)12(11)2/h3-7,9H,10H2,1-2H3. The number of rotatable bonds is 2. The van der Waals surface area contributed by atoms with Crippen molar-refractivity contribution in [2.75, 3.05) is 0 Å². The maximum absolute atomic E-state index is 12.1. The van der Waals surface area contributed by atoms with Crippen molar-refractivity contribution in [3.8, 4) is 6.07 Å². The Morgan fingerprint density at radius 1 is 1.22 bits per heavy atom. The summed E-state index contributed by atoms with van der Waals surface area (Å²) < 4.78 is 1.59. The summed E-state index contributed by atoms with van der Waals surface area (Å²) in [6.07, 6.45) is 1.81. The van der Waals surface area contributed by atoms with Crippen LogP contribution in [0.2, 0.25) is 0 Å². The average molecular weight is 238 g/mol. The van der Waals surface area contributed by atoms with E-state index in [0.717, 1.165) is 16.7 Å². The van der Waals surface area contributed by atoms with E-state index in [4.69, 9.17) is 5.26 Å². The number of nitrogens with zero attached hydrogens (tertiary/aromatic N) is 2. The van der Waals surface area contributed by atoms with Crippen LogP contribution in [0.1, 0.15) is 22.3 Å². The predicted molar refractivity (Wildman–Crippen MR) is 70.4 cm³/mol. The van der Waals surface area contributed by atoms with Gasteiger partial charge in [-0.25, -0.2) is 0 Å². The molecule has 18 heavy (non-hydrogen) atoms. The lowest BCUT2D eigenvalue weighted by atomic mass is 10.1. The van der Waals surface area contributed by atoms with E-state index < -0.39 is 0 Å². The molecule has 0 spiro atoms. The molecule has 0 atom stereocenters. The number of hydrogen-bond donors (Lipinski definition) is 0. The average Bonchev–Trinajstić information content (AvgIpc) is 2.38. The van der Waals surface area contributed by atoms with E-state index in [9.17, 15) is 4.79 Å². The first-order valence-electron chi connectivity index (χ1n) is 5.78. The molecule has 2 aromatic rings. The third-order valence-corrected chi connectivity index (χ3v) is 3.10. The van der Waals surface area contributed by atoms with Crippen molar-refractivity contribution in [2.24, 2.45) is 0 Å². The Morgan fingerprint density at radius 2 is 1.89 bits per heavy atom. The molecule has 3 heteroatoms. The number of aryl methyl sites for hydroxylation is 1. The minimum Gasteiger partial charge on any atom is -0.310 e. The molecule has 0 saturated carbocycles. The van der Waals surface area contributed by atoms with Gasteiger partial charge in [-0.3, -0.25) is 4.79 Å². The maximum Gasteiger partial charge on any atom is 0.269 e. The smallest absolute Gasteiger partial charge is 0.269 e. The van der Waals surface area contributed by atoms with Gasteiger partial charge in [0.2, 0.25) is 0 Å². The van der Waals surface area contributed by atoms with Gasteiger partial charge in [0.15, 0.2) is 0 Å². The molecule has 0 bridgehead atoms. The van der Waals surface area contributed by atoms with E-state index in [-0.39, 0.29) is 11.1 Å². The van der Waals surface area contributed by atoms with Crippen LogP contribution in [-0.2, 0) is 6.54 Å². The number of hydrogen-bond acceptors (Lipinski definition) is 2. The molecule has 0 aliphatic heterocycles. The Morgan fingerprint density at radius 3 is 2.50 bits per heavy atom. The minimum absolute atomic E-state index is 0.218. The SMILES string of the molecule is Cc1cn(Cc2ccccc2)c(=O)c(C#N)c1C. The maximum atomic E-state index is 12.1. The molecule has 0 aliphatic carbocycles. The van der Waals surface area contributed by atoms with Crippen LogP contribution in [0, 0.1) is 25.2 Å². The Kier molecular flexibility index (Phi) is 3.29. The fourth-order valence-corrected chi connectivity index (χ4v) is 1.92. The second kappa shape index (κ2) is 4.89. The van der Waals surface area contributed by atoms with Crippen molar-refractivity contribution in [1.29, 1.82) is 5.26 Å². The molecule has 0 N–H and O–H groups in total. The van der Waals surface area contributed by atoms with Crippen molar-refractivity contribution in [3.05, 3.63) is 69.1 Å². The Labute approximate surface area is 106 Å². The van der Waals surface area contributed by atoms with Crippen LogP contribution in [0.15, 0.2) is 41.3 Å². The summed E-state index contributed by atoms with van der Waals surface area (Å²) in [5.41, 5.74) is 2.80. The lowest BCUT2D eigenvalue weighted by molar-refractivity contribution is 0.748. The first kappa shape index (κ1) is 12.1. The summed E-state index contributed by atoms with van der Waals surface area (Å²) in [4.78, 5) is 12.1. The summed E-state index contributed by atoms with van der Waals surface area (Å²) in [5, 5.41) is 9.05. The Hall–Kier alpha value is -2.34. The lowest BCUT2D eigenvalue weighted by Crippen LogP contribution is -2.24. The third kappa shape index (κ3) is 2.18. The van der Waals surface area contributed by atoms with Crippen LogP contribution in [0.4, 0.5) is 0 Å². The summed E-state index contributed by atoms with van der Waals surface area (Å²) in [6, 6.07) is 11.7. The predicted octanol–water partition coefficient (Wildman–Crippen LogP) is 2.39. The number of aromatic nitrogens is 1. The van der Waals surface area contributed by atoms with Gasteiger partial charge < -0.3 is 4.57 Å². The van der Waals surface area contributed by atoms with Crippen LogP contribution < -0.4 is 5.56 Å². The van der Waals surface area contributed by atoms with Crippen LogP contribution in [-0.4, -0.2) is 4.57 Å². The van der Waals surface area contributed by atoms with Crippen molar-refractivity contribution in [3.63, 3.8) is 0 Å². The van der Waals surface area contributed by atoms with E-state index in [2.05, 4.69) is 0 Å². The lowest BCUT2D eigenvalue weighted by Gasteiger charge is -2.10. The molecule has 1 aromatic heterocycles. The minimum atomic E-state index is -0.218. The Balaban J connectivity index is 2.51. The van der Waals surface area contributed by atoms with Gasteiger partial charge in [-0.2, -0.15) is 5.26 Å². The fraction of sp³-hybridized carbons (Fsp3) is 0.200. The summed E-state index contributed by atoms with van der Waals surface area (Å²) in [5.74, 6) is 0. The zero-order valence-electron chi connectivity index (χ0n) is 10.5. The molecular formula is C15H14N2O. The van der Waals surface area contributed by atoms with Crippen molar-refractivity contribution < 1.29 is 0 Å². The summed E-state index contributed by atoms with van der Waals surface area (Å²) in [6.45, 7) is 4.22. The van der Waals surface area contributed by atoms with E-state index in [1.54, 1.807) is 4.57 Å². The molecule has 90 valence electrons. The normalized spacial score (nSPS) is 10.1. The van der Waals surface area contributed by atoms with Crippen molar-refractivity contribution in [1.82, 2.24) is 4.57 Å². The van der Waals surface area contributed by atoms with Gasteiger partial charge in [-0.15, -0.1) is 0 Å². The molecule has 2 rings (SSSR count). The molecule has 1 aromatic carbocycles. The number of benzene rings is 1.